The summed E-state index contributed by atoms with van der Waals surface area (Å²) in [6, 6.07) is 6.23. The molecule has 1 aliphatic rings. The highest BCUT2D eigenvalue weighted by molar-refractivity contribution is 9.10. The minimum Gasteiger partial charge on any atom is -0.496 e. The lowest BCUT2D eigenvalue weighted by molar-refractivity contribution is -0.00461. The number of nitrogens with zero attached hydrogens (tertiary/aromatic N) is 1. The molecule has 0 spiro atoms. The first-order valence-corrected chi connectivity index (χ1v) is 7.77. The molecule has 2 rings (SSSR count). The van der Waals surface area contributed by atoms with Crippen LogP contribution in [-0.4, -0.2) is 58.1 Å². The van der Waals surface area contributed by atoms with E-state index in [9.17, 15) is 0 Å². The van der Waals surface area contributed by atoms with Crippen LogP contribution in [0.3, 0.4) is 0 Å². The average Bonchev–Trinajstić information content (AvgIpc) is 2.91. The summed E-state index contributed by atoms with van der Waals surface area (Å²) in [5.74, 6) is 0.820. The maximum Gasteiger partial charge on any atom is 0.133 e. The van der Waals surface area contributed by atoms with Gasteiger partial charge in [-0.15, -0.1) is 0 Å². The number of nitrogens with two attached hydrogens (primary N) is 1. The quantitative estimate of drug-likeness (QED) is 0.840. The summed E-state index contributed by atoms with van der Waals surface area (Å²) in [4.78, 5) is 2.32. The van der Waals surface area contributed by atoms with Crippen LogP contribution in [-0.2, 0) is 9.47 Å². The number of halogens is 1. The van der Waals surface area contributed by atoms with Crippen molar-refractivity contribution in [2.45, 2.75) is 18.2 Å². The summed E-state index contributed by atoms with van der Waals surface area (Å²) in [7, 11) is 5.11. The van der Waals surface area contributed by atoms with Gasteiger partial charge in [0.25, 0.3) is 0 Å². The van der Waals surface area contributed by atoms with Crippen molar-refractivity contribution >= 4 is 15.9 Å². The normalized spacial score (nSPS) is 24.2. The Labute approximate surface area is 134 Å². The zero-order valence-electron chi connectivity index (χ0n) is 12.7. The number of hydrogen-bond acceptors (Lipinski definition) is 5. The van der Waals surface area contributed by atoms with E-state index in [0.717, 1.165) is 28.9 Å². The molecule has 1 aliphatic heterocycles. The maximum atomic E-state index is 6.01. The third-order valence-electron chi connectivity index (χ3n) is 4.07. The van der Waals surface area contributed by atoms with Crippen LogP contribution in [0.5, 0.6) is 5.75 Å². The van der Waals surface area contributed by atoms with Crippen molar-refractivity contribution in [1.29, 1.82) is 0 Å². The van der Waals surface area contributed by atoms with E-state index in [1.54, 1.807) is 21.3 Å². The van der Waals surface area contributed by atoms with Gasteiger partial charge in [-0.2, -0.15) is 0 Å². The molecule has 1 aromatic carbocycles. The lowest BCUT2D eigenvalue weighted by Crippen LogP contribution is -2.33. The summed E-state index contributed by atoms with van der Waals surface area (Å²) in [5.41, 5.74) is 7.17. The Kier molecular flexibility index (Phi) is 6.01. The van der Waals surface area contributed by atoms with Gasteiger partial charge in [-0.25, -0.2) is 0 Å². The Morgan fingerprint density at radius 3 is 2.29 bits per heavy atom. The van der Waals surface area contributed by atoms with Crippen LogP contribution in [0, 0.1) is 0 Å². The van der Waals surface area contributed by atoms with E-state index in [-0.39, 0.29) is 18.2 Å². The molecule has 1 heterocycles. The molecule has 3 atom stereocenters. The molecule has 0 aliphatic carbocycles. The largest absolute Gasteiger partial charge is 0.496 e. The molecular formula is C15H23BrN2O3. The lowest BCUT2D eigenvalue weighted by Gasteiger charge is -2.27. The van der Waals surface area contributed by atoms with Crippen molar-refractivity contribution in [2.24, 2.45) is 5.73 Å². The Hall–Kier alpha value is -0.660. The van der Waals surface area contributed by atoms with Crippen LogP contribution in [0.4, 0.5) is 0 Å². The monoisotopic (exact) mass is 358 g/mol. The van der Waals surface area contributed by atoms with E-state index in [1.807, 2.05) is 6.07 Å². The highest BCUT2D eigenvalue weighted by Crippen LogP contribution is 2.32. The number of likely N-dealkylation sites (tertiary alicyclic amines) is 1. The fraction of sp³-hybridized carbons (Fsp3) is 0.600. The van der Waals surface area contributed by atoms with Crippen molar-refractivity contribution in [3.63, 3.8) is 0 Å². The first kappa shape index (κ1) is 16.7. The van der Waals surface area contributed by atoms with E-state index >= 15 is 0 Å². The van der Waals surface area contributed by atoms with Gasteiger partial charge < -0.3 is 19.9 Å². The van der Waals surface area contributed by atoms with Crippen molar-refractivity contribution in [3.8, 4) is 5.75 Å². The summed E-state index contributed by atoms with van der Waals surface area (Å²) < 4.78 is 17.2. The van der Waals surface area contributed by atoms with Crippen LogP contribution >= 0.6 is 15.9 Å². The Balaban J connectivity index is 2.18. The van der Waals surface area contributed by atoms with Crippen LogP contribution < -0.4 is 10.5 Å². The van der Waals surface area contributed by atoms with Crippen molar-refractivity contribution in [2.75, 3.05) is 41.0 Å². The standard InChI is InChI=1S/C15H23BrN2O3/c1-19-13-5-4-10(6-11(13)16)12(7-17)18-8-14(20-2)15(9-18)21-3/h4-6,12,14-15H,7-9,17H2,1-3H3. The molecule has 0 radical (unpaired) electrons. The van der Waals surface area contributed by atoms with E-state index in [0.29, 0.717) is 6.54 Å². The lowest BCUT2D eigenvalue weighted by atomic mass is 10.1. The first-order valence-electron chi connectivity index (χ1n) is 6.97. The molecule has 1 aromatic rings. The molecule has 3 unspecified atom stereocenters. The van der Waals surface area contributed by atoms with Crippen LogP contribution in [0.2, 0.25) is 0 Å². The maximum absolute atomic E-state index is 6.01. The van der Waals surface area contributed by atoms with Gasteiger partial charge in [0.05, 0.1) is 23.8 Å². The second kappa shape index (κ2) is 7.56. The molecule has 1 saturated heterocycles. The molecule has 0 bridgehead atoms. The van der Waals surface area contributed by atoms with Gasteiger partial charge in [-0.1, -0.05) is 6.07 Å². The van der Waals surface area contributed by atoms with E-state index in [4.69, 9.17) is 19.9 Å². The second-order valence-electron chi connectivity index (χ2n) is 5.15. The first-order chi connectivity index (χ1) is 10.1. The Bertz CT molecular complexity index is 460. The predicted molar refractivity (Wildman–Crippen MR) is 85.7 cm³/mol. The number of methoxy groups -OCH3 is 3. The number of rotatable bonds is 6. The predicted octanol–water partition coefficient (Wildman–Crippen LogP) is 1.80. The molecule has 0 aromatic heterocycles. The number of hydrogen-bond donors (Lipinski definition) is 1. The molecule has 1 fully saturated rings. The summed E-state index contributed by atoms with van der Waals surface area (Å²) >= 11 is 3.53. The number of benzene rings is 1. The van der Waals surface area contributed by atoms with Gasteiger partial charge in [0, 0.05) is 39.9 Å². The topological polar surface area (TPSA) is 57.0 Å². The molecule has 0 amide bonds. The zero-order valence-corrected chi connectivity index (χ0v) is 14.3. The third-order valence-corrected chi connectivity index (χ3v) is 4.69. The zero-order chi connectivity index (χ0) is 15.4. The Morgan fingerprint density at radius 1 is 1.24 bits per heavy atom. The molecule has 6 heteroatoms. The minimum atomic E-state index is 0.0886. The number of ether oxygens (including phenoxy) is 3. The SMILES string of the molecule is COc1ccc(C(CN)N2CC(OC)C(OC)C2)cc1Br. The van der Waals surface area contributed by atoms with Gasteiger partial charge >= 0.3 is 0 Å². The minimum absolute atomic E-state index is 0.0886. The van der Waals surface area contributed by atoms with Gasteiger partial charge in [0.1, 0.15) is 5.75 Å². The third kappa shape index (κ3) is 3.57. The van der Waals surface area contributed by atoms with E-state index in [2.05, 4.69) is 33.0 Å². The van der Waals surface area contributed by atoms with Crippen molar-refractivity contribution in [3.05, 3.63) is 28.2 Å². The molecule has 21 heavy (non-hydrogen) atoms. The smallest absolute Gasteiger partial charge is 0.133 e. The fourth-order valence-electron chi connectivity index (χ4n) is 2.86. The molecule has 118 valence electrons. The van der Waals surface area contributed by atoms with Gasteiger partial charge in [0.2, 0.25) is 0 Å². The summed E-state index contributed by atoms with van der Waals surface area (Å²) in [5, 5.41) is 0. The molecule has 5 nitrogen and oxygen atoms in total. The average molecular weight is 359 g/mol. The van der Waals surface area contributed by atoms with E-state index in [1.165, 1.54) is 0 Å². The molecular weight excluding hydrogens is 336 g/mol. The van der Waals surface area contributed by atoms with Crippen LogP contribution in [0.15, 0.2) is 22.7 Å². The second-order valence-corrected chi connectivity index (χ2v) is 6.00. The van der Waals surface area contributed by atoms with Gasteiger partial charge in [-0.05, 0) is 33.6 Å². The fourth-order valence-corrected chi connectivity index (χ4v) is 3.42. The highest BCUT2D eigenvalue weighted by atomic mass is 79.9. The highest BCUT2D eigenvalue weighted by Gasteiger charge is 2.36. The van der Waals surface area contributed by atoms with Crippen LogP contribution in [0.1, 0.15) is 11.6 Å². The van der Waals surface area contributed by atoms with Crippen molar-refractivity contribution in [1.82, 2.24) is 4.90 Å². The molecule has 2 N–H and O–H groups in total. The summed E-state index contributed by atoms with van der Waals surface area (Å²) in [6.45, 7) is 2.19. The Morgan fingerprint density at radius 2 is 1.86 bits per heavy atom. The van der Waals surface area contributed by atoms with Crippen LogP contribution in [0.25, 0.3) is 0 Å². The van der Waals surface area contributed by atoms with Crippen molar-refractivity contribution < 1.29 is 14.2 Å². The van der Waals surface area contributed by atoms with Gasteiger partial charge in [-0.3, -0.25) is 4.90 Å². The molecule has 0 saturated carbocycles. The van der Waals surface area contributed by atoms with E-state index < -0.39 is 0 Å². The summed E-state index contributed by atoms with van der Waals surface area (Å²) in [6.07, 6.45) is 0.177. The van der Waals surface area contributed by atoms with Gasteiger partial charge in [0.15, 0.2) is 0 Å².